The van der Waals surface area contributed by atoms with Gasteiger partial charge in [0.2, 0.25) is 5.91 Å². The number of nitrogens with one attached hydrogen (secondary N) is 1. The van der Waals surface area contributed by atoms with Gasteiger partial charge in [-0.3, -0.25) is 9.78 Å². The second-order valence-electron chi connectivity index (χ2n) is 3.20. The van der Waals surface area contributed by atoms with E-state index in [2.05, 4.69) is 17.2 Å². The van der Waals surface area contributed by atoms with Crippen molar-refractivity contribution in [1.29, 1.82) is 0 Å². The lowest BCUT2D eigenvalue weighted by molar-refractivity contribution is -0.121. The van der Waals surface area contributed by atoms with Gasteiger partial charge in [-0.2, -0.15) is 0 Å². The fourth-order valence-electron chi connectivity index (χ4n) is 1.12. The van der Waals surface area contributed by atoms with Crippen LogP contribution in [0.5, 0.6) is 0 Å². The van der Waals surface area contributed by atoms with E-state index < -0.39 is 0 Å². The van der Waals surface area contributed by atoms with Crippen molar-refractivity contribution in [1.82, 2.24) is 10.3 Å². The first-order chi connectivity index (χ1) is 8.83. The molecule has 104 valence electrons. The van der Waals surface area contributed by atoms with Crippen LogP contribution in [0.2, 0.25) is 0 Å². The predicted octanol–water partition coefficient (Wildman–Crippen LogP) is 3.94. The molecule has 3 nitrogen and oxygen atoms in total. The molecule has 0 spiro atoms. The minimum Gasteiger partial charge on any atom is -0.350 e. The van der Waals surface area contributed by atoms with Gasteiger partial charge in [0.1, 0.15) is 0 Å². The van der Waals surface area contributed by atoms with Crippen LogP contribution in [0, 0.1) is 0 Å². The van der Waals surface area contributed by atoms with E-state index >= 15 is 0 Å². The third kappa shape index (κ3) is 11.1. The zero-order valence-electron chi connectivity index (χ0n) is 12.5. The van der Waals surface area contributed by atoms with Gasteiger partial charge in [0.15, 0.2) is 0 Å². The average Bonchev–Trinajstić information content (AvgIpc) is 2.48. The Bertz CT molecular complexity index is 273. The number of hydrogen-bond acceptors (Lipinski definition) is 2. The number of unbranched alkanes of at least 4 members (excludes halogenated alkanes) is 1. The molecule has 0 saturated heterocycles. The SMILES string of the molecule is CC.CC.CCCCC(=O)NCc1ccccn1. The Morgan fingerprint density at radius 1 is 1.22 bits per heavy atom. The second kappa shape index (κ2) is 15.6. The molecule has 1 amide bonds. The van der Waals surface area contributed by atoms with Gasteiger partial charge in [-0.05, 0) is 18.6 Å². The van der Waals surface area contributed by atoms with Crippen LogP contribution in [-0.2, 0) is 11.3 Å². The van der Waals surface area contributed by atoms with Crippen molar-refractivity contribution in [2.75, 3.05) is 0 Å². The van der Waals surface area contributed by atoms with Gasteiger partial charge in [-0.25, -0.2) is 0 Å². The van der Waals surface area contributed by atoms with Gasteiger partial charge in [0.25, 0.3) is 0 Å². The summed E-state index contributed by atoms with van der Waals surface area (Å²) in [5.41, 5.74) is 0.900. The summed E-state index contributed by atoms with van der Waals surface area (Å²) in [5.74, 6) is 0.109. The summed E-state index contributed by atoms with van der Waals surface area (Å²) in [4.78, 5) is 15.4. The Labute approximate surface area is 112 Å². The van der Waals surface area contributed by atoms with Crippen molar-refractivity contribution in [3.63, 3.8) is 0 Å². The number of nitrogens with zero attached hydrogens (tertiary/aromatic N) is 1. The molecule has 1 heterocycles. The molecule has 1 N–H and O–H groups in total. The van der Waals surface area contributed by atoms with Crippen molar-refractivity contribution >= 4 is 5.91 Å². The molecule has 0 radical (unpaired) electrons. The maximum atomic E-state index is 11.2. The molecule has 3 heteroatoms. The summed E-state index contributed by atoms with van der Waals surface area (Å²) >= 11 is 0. The summed E-state index contributed by atoms with van der Waals surface area (Å²) in [5, 5.41) is 2.83. The molecule has 0 fully saturated rings. The van der Waals surface area contributed by atoms with Crippen molar-refractivity contribution in [2.24, 2.45) is 0 Å². The van der Waals surface area contributed by atoms with E-state index in [1.807, 2.05) is 45.9 Å². The first-order valence-electron chi connectivity index (χ1n) is 6.99. The quantitative estimate of drug-likeness (QED) is 0.862. The van der Waals surface area contributed by atoms with Crippen molar-refractivity contribution in [2.45, 2.75) is 60.4 Å². The Balaban J connectivity index is 0. The summed E-state index contributed by atoms with van der Waals surface area (Å²) in [6.07, 6.45) is 4.35. The Morgan fingerprint density at radius 3 is 2.39 bits per heavy atom. The molecule has 0 bridgehead atoms. The van der Waals surface area contributed by atoms with Gasteiger partial charge in [0, 0.05) is 12.6 Å². The molecule has 18 heavy (non-hydrogen) atoms. The van der Waals surface area contributed by atoms with Crippen LogP contribution >= 0.6 is 0 Å². The number of rotatable bonds is 5. The maximum Gasteiger partial charge on any atom is 0.220 e. The molecule has 0 aliphatic rings. The molecular formula is C15H28N2O. The van der Waals surface area contributed by atoms with E-state index in [4.69, 9.17) is 0 Å². The Kier molecular flexibility index (Phi) is 16.5. The number of carbonyl (C=O) groups is 1. The highest BCUT2D eigenvalue weighted by molar-refractivity contribution is 5.75. The van der Waals surface area contributed by atoms with Crippen LogP contribution in [-0.4, -0.2) is 10.9 Å². The maximum absolute atomic E-state index is 11.2. The van der Waals surface area contributed by atoms with Crippen LogP contribution in [0.4, 0.5) is 0 Å². The van der Waals surface area contributed by atoms with E-state index in [0.29, 0.717) is 13.0 Å². The van der Waals surface area contributed by atoms with E-state index in [-0.39, 0.29) is 5.91 Å². The summed E-state index contributed by atoms with van der Waals surface area (Å²) in [6, 6.07) is 5.68. The third-order valence-electron chi connectivity index (χ3n) is 1.95. The van der Waals surface area contributed by atoms with E-state index in [1.54, 1.807) is 6.20 Å². The van der Waals surface area contributed by atoms with Crippen molar-refractivity contribution in [3.8, 4) is 0 Å². The summed E-state index contributed by atoms with van der Waals surface area (Å²) in [6.45, 7) is 10.6. The fraction of sp³-hybridized carbons (Fsp3) is 0.600. The standard InChI is InChI=1S/C11H16N2O.2C2H6/c1-2-3-7-11(14)13-9-10-6-4-5-8-12-10;2*1-2/h4-6,8H,2-3,7,9H2,1H3,(H,13,14);2*1-2H3. The minimum absolute atomic E-state index is 0.109. The molecule has 1 aromatic heterocycles. The van der Waals surface area contributed by atoms with Crippen molar-refractivity contribution < 1.29 is 4.79 Å². The third-order valence-corrected chi connectivity index (χ3v) is 1.95. The number of amides is 1. The van der Waals surface area contributed by atoms with Crippen LogP contribution in [0.25, 0.3) is 0 Å². The van der Waals surface area contributed by atoms with Crippen LogP contribution in [0.15, 0.2) is 24.4 Å². The van der Waals surface area contributed by atoms with Gasteiger partial charge in [-0.1, -0.05) is 47.1 Å². The first kappa shape index (κ1) is 19.0. The van der Waals surface area contributed by atoms with Gasteiger partial charge < -0.3 is 5.32 Å². The first-order valence-corrected chi connectivity index (χ1v) is 6.99. The average molecular weight is 252 g/mol. The largest absolute Gasteiger partial charge is 0.350 e. The van der Waals surface area contributed by atoms with Gasteiger partial charge in [0.05, 0.1) is 12.2 Å². The predicted molar refractivity (Wildman–Crippen MR) is 78.3 cm³/mol. The molecule has 1 aromatic rings. The number of carbonyl (C=O) groups excluding carboxylic acids is 1. The zero-order valence-corrected chi connectivity index (χ0v) is 12.5. The molecule has 0 saturated carbocycles. The summed E-state index contributed by atoms with van der Waals surface area (Å²) in [7, 11) is 0. The Hall–Kier alpha value is -1.38. The Morgan fingerprint density at radius 2 is 1.89 bits per heavy atom. The normalized spacial score (nSPS) is 8.28. The summed E-state index contributed by atoms with van der Waals surface area (Å²) < 4.78 is 0. The lowest BCUT2D eigenvalue weighted by Crippen LogP contribution is -2.22. The second-order valence-corrected chi connectivity index (χ2v) is 3.20. The topological polar surface area (TPSA) is 42.0 Å². The molecule has 0 unspecified atom stereocenters. The lowest BCUT2D eigenvalue weighted by atomic mass is 10.2. The van der Waals surface area contributed by atoms with Gasteiger partial charge >= 0.3 is 0 Å². The smallest absolute Gasteiger partial charge is 0.220 e. The number of hydrogen-bond donors (Lipinski definition) is 1. The zero-order chi connectivity index (χ0) is 14.2. The van der Waals surface area contributed by atoms with Crippen LogP contribution in [0.1, 0.15) is 59.6 Å². The van der Waals surface area contributed by atoms with Crippen LogP contribution < -0.4 is 5.32 Å². The van der Waals surface area contributed by atoms with E-state index in [1.165, 1.54) is 0 Å². The fourth-order valence-corrected chi connectivity index (χ4v) is 1.12. The molecular weight excluding hydrogens is 224 g/mol. The van der Waals surface area contributed by atoms with E-state index in [9.17, 15) is 4.79 Å². The molecule has 0 atom stereocenters. The highest BCUT2D eigenvalue weighted by atomic mass is 16.1. The van der Waals surface area contributed by atoms with Crippen molar-refractivity contribution in [3.05, 3.63) is 30.1 Å². The van der Waals surface area contributed by atoms with E-state index in [0.717, 1.165) is 18.5 Å². The monoisotopic (exact) mass is 252 g/mol. The number of aromatic nitrogens is 1. The molecule has 0 aromatic carbocycles. The minimum atomic E-state index is 0.109. The molecule has 1 rings (SSSR count). The molecule has 0 aliphatic carbocycles. The molecule has 0 aliphatic heterocycles. The van der Waals surface area contributed by atoms with Gasteiger partial charge in [-0.15, -0.1) is 0 Å². The number of pyridine rings is 1. The highest BCUT2D eigenvalue weighted by Crippen LogP contribution is 1.95. The highest BCUT2D eigenvalue weighted by Gasteiger charge is 1.99. The van der Waals surface area contributed by atoms with Crippen LogP contribution in [0.3, 0.4) is 0 Å². The lowest BCUT2D eigenvalue weighted by Gasteiger charge is -2.03.